The van der Waals surface area contributed by atoms with Crippen molar-refractivity contribution in [2.45, 2.75) is 27.7 Å². The molecule has 2 unspecified atom stereocenters. The summed E-state index contributed by atoms with van der Waals surface area (Å²) in [6.45, 7) is 6.74. The lowest BCUT2D eigenvalue weighted by atomic mass is 9.62. The van der Waals surface area contributed by atoms with Crippen molar-refractivity contribution in [2.75, 3.05) is 0 Å². The summed E-state index contributed by atoms with van der Waals surface area (Å²) in [5.41, 5.74) is -3.31. The highest BCUT2D eigenvalue weighted by Crippen LogP contribution is 2.52. The zero-order valence-electron chi connectivity index (χ0n) is 10.8. The lowest BCUT2D eigenvalue weighted by Crippen LogP contribution is -2.45. The molecule has 0 aromatic rings. The van der Waals surface area contributed by atoms with Crippen molar-refractivity contribution >= 4 is 23.5 Å². The molecule has 0 heterocycles. The lowest BCUT2D eigenvalue weighted by molar-refractivity contribution is -0.149. The number of carboxylic acids is 2. The summed E-state index contributed by atoms with van der Waals surface area (Å²) in [7, 11) is 0. The maximum Gasteiger partial charge on any atom is 0.319 e. The van der Waals surface area contributed by atoms with Gasteiger partial charge in [-0.2, -0.15) is 0 Å². The van der Waals surface area contributed by atoms with Crippen LogP contribution in [0.25, 0.3) is 0 Å². The average molecular weight is 273 g/mol. The van der Waals surface area contributed by atoms with E-state index in [1.54, 1.807) is 20.8 Å². The number of halogens is 1. The number of aliphatic carboxylic acids is 2. The number of hydrogen-bond donors (Lipinski definition) is 2. The van der Waals surface area contributed by atoms with E-state index in [4.69, 9.17) is 16.7 Å². The first-order chi connectivity index (χ1) is 7.97. The maximum absolute atomic E-state index is 11.6. The second-order valence-electron chi connectivity index (χ2n) is 5.78. The number of carbonyl (C=O) groups is 2. The minimum absolute atomic E-state index is 0.0369. The van der Waals surface area contributed by atoms with Crippen LogP contribution in [0.2, 0.25) is 0 Å². The molecule has 0 aromatic carbocycles. The van der Waals surface area contributed by atoms with Crippen LogP contribution < -0.4 is 0 Å². The van der Waals surface area contributed by atoms with Crippen molar-refractivity contribution in [3.05, 3.63) is 23.3 Å². The van der Waals surface area contributed by atoms with Gasteiger partial charge in [-0.05, 0) is 18.4 Å². The van der Waals surface area contributed by atoms with Gasteiger partial charge in [0.05, 0.1) is 0 Å². The maximum atomic E-state index is 11.6. The molecular formula is C13H17ClO4. The summed E-state index contributed by atoms with van der Waals surface area (Å²) >= 11 is 6.11. The number of hydrogen-bond acceptors (Lipinski definition) is 2. The van der Waals surface area contributed by atoms with Gasteiger partial charge in [-0.1, -0.05) is 44.5 Å². The highest BCUT2D eigenvalue weighted by molar-refractivity contribution is 6.32. The fourth-order valence-electron chi connectivity index (χ4n) is 2.04. The molecule has 1 aliphatic rings. The van der Waals surface area contributed by atoms with Crippen molar-refractivity contribution in [1.82, 2.24) is 0 Å². The van der Waals surface area contributed by atoms with Crippen LogP contribution in [0.5, 0.6) is 0 Å². The summed E-state index contributed by atoms with van der Waals surface area (Å²) in [6.07, 6.45) is 4.09. The Morgan fingerprint density at radius 1 is 1.17 bits per heavy atom. The van der Waals surface area contributed by atoms with Crippen LogP contribution in [-0.2, 0) is 9.59 Å². The van der Waals surface area contributed by atoms with Gasteiger partial charge in [-0.25, -0.2) is 0 Å². The van der Waals surface area contributed by atoms with Crippen molar-refractivity contribution < 1.29 is 19.8 Å². The Balaban J connectivity index is 3.44. The van der Waals surface area contributed by atoms with Crippen molar-refractivity contribution in [1.29, 1.82) is 0 Å². The average Bonchev–Trinajstić information content (AvgIpc) is 2.14. The molecule has 0 bridgehead atoms. The van der Waals surface area contributed by atoms with Gasteiger partial charge in [-0.3, -0.25) is 9.59 Å². The molecule has 0 radical (unpaired) electrons. The van der Waals surface area contributed by atoms with Crippen LogP contribution >= 0.6 is 11.6 Å². The smallest absolute Gasteiger partial charge is 0.319 e. The molecule has 4 nitrogen and oxygen atoms in total. The predicted molar refractivity (Wildman–Crippen MR) is 68.3 cm³/mol. The van der Waals surface area contributed by atoms with Crippen molar-refractivity contribution in [3.63, 3.8) is 0 Å². The quantitative estimate of drug-likeness (QED) is 0.758. The van der Waals surface area contributed by atoms with Gasteiger partial charge in [-0.15, -0.1) is 0 Å². The summed E-state index contributed by atoms with van der Waals surface area (Å²) in [5.74, 6) is -2.15. The fraction of sp³-hybridized carbons (Fsp3) is 0.538. The molecule has 0 aromatic heterocycles. The van der Waals surface area contributed by atoms with Gasteiger partial charge in [0, 0.05) is 5.03 Å². The van der Waals surface area contributed by atoms with Crippen molar-refractivity contribution in [3.8, 4) is 0 Å². The van der Waals surface area contributed by atoms with Gasteiger partial charge < -0.3 is 10.2 Å². The van der Waals surface area contributed by atoms with Crippen LogP contribution in [0.4, 0.5) is 0 Å². The molecular weight excluding hydrogens is 256 g/mol. The van der Waals surface area contributed by atoms with E-state index >= 15 is 0 Å². The molecule has 0 spiro atoms. The van der Waals surface area contributed by atoms with Gasteiger partial charge in [0.15, 0.2) is 0 Å². The molecule has 0 amide bonds. The van der Waals surface area contributed by atoms with E-state index in [9.17, 15) is 14.7 Å². The first kappa shape index (κ1) is 14.8. The molecule has 0 saturated heterocycles. The van der Waals surface area contributed by atoms with Gasteiger partial charge >= 0.3 is 11.9 Å². The minimum Gasteiger partial charge on any atom is -0.480 e. The topological polar surface area (TPSA) is 74.6 Å². The standard InChI is InChI=1S/C13H17ClO4/c1-11(2,3)13(10(17)18)6-5-12(4,9(15)16)7-8(13)14/h5-7H,1-4H3,(H,15,16)(H,17,18). The van der Waals surface area contributed by atoms with Crippen LogP contribution in [-0.4, -0.2) is 22.2 Å². The van der Waals surface area contributed by atoms with E-state index in [2.05, 4.69) is 0 Å². The third kappa shape index (κ3) is 1.94. The third-order valence-corrected chi connectivity index (χ3v) is 3.87. The van der Waals surface area contributed by atoms with Crippen molar-refractivity contribution in [2.24, 2.45) is 16.2 Å². The molecule has 18 heavy (non-hydrogen) atoms. The SMILES string of the molecule is CC1(C(=O)O)C=CC(C(=O)O)(C(C)(C)C)C(Cl)=C1. The Labute approximate surface area is 111 Å². The zero-order valence-corrected chi connectivity index (χ0v) is 11.6. The minimum atomic E-state index is -1.39. The molecule has 0 saturated carbocycles. The third-order valence-electron chi connectivity index (χ3n) is 3.46. The Kier molecular flexibility index (Phi) is 3.38. The first-order valence-corrected chi connectivity index (χ1v) is 5.91. The van der Waals surface area contributed by atoms with Crippen LogP contribution in [0, 0.1) is 16.2 Å². The molecule has 1 rings (SSSR count). The largest absolute Gasteiger partial charge is 0.480 e. The van der Waals surface area contributed by atoms with E-state index in [0.717, 1.165) is 0 Å². The molecule has 0 fully saturated rings. The van der Waals surface area contributed by atoms with E-state index in [0.29, 0.717) is 0 Å². The van der Waals surface area contributed by atoms with Gasteiger partial charge in [0.2, 0.25) is 0 Å². The Morgan fingerprint density at radius 2 is 1.67 bits per heavy atom. The highest BCUT2D eigenvalue weighted by atomic mass is 35.5. The normalized spacial score (nSPS) is 31.9. The molecule has 1 aliphatic carbocycles. The summed E-state index contributed by atoms with van der Waals surface area (Å²) in [6, 6.07) is 0. The predicted octanol–water partition coefficient (Wildman–Crippen LogP) is 2.89. The fourth-order valence-corrected chi connectivity index (χ4v) is 2.69. The highest BCUT2D eigenvalue weighted by Gasteiger charge is 2.52. The van der Waals surface area contributed by atoms with E-state index in [-0.39, 0.29) is 5.03 Å². The lowest BCUT2D eigenvalue weighted by Gasteiger charge is -2.42. The first-order valence-electron chi connectivity index (χ1n) is 5.53. The monoisotopic (exact) mass is 272 g/mol. The van der Waals surface area contributed by atoms with Crippen LogP contribution in [0.3, 0.4) is 0 Å². The van der Waals surface area contributed by atoms with Crippen LogP contribution in [0.15, 0.2) is 23.3 Å². The van der Waals surface area contributed by atoms with E-state index in [1.165, 1.54) is 25.2 Å². The molecule has 5 heteroatoms. The molecule has 100 valence electrons. The Morgan fingerprint density at radius 3 is 1.94 bits per heavy atom. The second kappa shape index (κ2) is 4.12. The summed E-state index contributed by atoms with van der Waals surface area (Å²) < 4.78 is 0. The second-order valence-corrected chi connectivity index (χ2v) is 6.18. The van der Waals surface area contributed by atoms with E-state index < -0.39 is 28.2 Å². The molecule has 2 atom stereocenters. The van der Waals surface area contributed by atoms with Crippen LogP contribution in [0.1, 0.15) is 27.7 Å². The van der Waals surface area contributed by atoms with Gasteiger partial charge in [0.25, 0.3) is 0 Å². The molecule has 2 N–H and O–H groups in total. The summed E-state index contributed by atoms with van der Waals surface area (Å²) in [5, 5.41) is 18.6. The summed E-state index contributed by atoms with van der Waals surface area (Å²) in [4.78, 5) is 22.7. The number of carboxylic acid groups (broad SMARTS) is 2. The Bertz CT molecular complexity index is 458. The molecule has 0 aliphatic heterocycles. The van der Waals surface area contributed by atoms with Gasteiger partial charge in [0.1, 0.15) is 10.8 Å². The zero-order chi connectivity index (χ0) is 14.4. The Hall–Kier alpha value is -1.29. The number of rotatable bonds is 2. The van der Waals surface area contributed by atoms with E-state index in [1.807, 2.05) is 0 Å².